The van der Waals surface area contributed by atoms with Gasteiger partial charge in [-0.3, -0.25) is 4.79 Å². The Hall–Kier alpha value is -1.17. The molecule has 1 aromatic carbocycles. The summed E-state index contributed by atoms with van der Waals surface area (Å²) in [5, 5.41) is 6.17. The first kappa shape index (κ1) is 17.9. The van der Waals surface area contributed by atoms with Crippen molar-refractivity contribution < 1.29 is 13.9 Å². The zero-order valence-electron chi connectivity index (χ0n) is 12.5. The molecule has 0 spiro atoms. The van der Waals surface area contributed by atoms with Crippen molar-refractivity contribution in [3.05, 3.63) is 35.6 Å². The van der Waals surface area contributed by atoms with Gasteiger partial charge in [0, 0.05) is 20.2 Å². The summed E-state index contributed by atoms with van der Waals surface area (Å²) in [4.78, 5) is 12.5. The molecule has 1 aromatic rings. The first-order valence-corrected chi connectivity index (χ1v) is 6.75. The van der Waals surface area contributed by atoms with Gasteiger partial charge in [0.05, 0.1) is 17.6 Å². The Bertz CT molecular complexity index is 496. The van der Waals surface area contributed by atoms with E-state index in [1.807, 2.05) is 0 Å². The van der Waals surface area contributed by atoms with E-state index >= 15 is 0 Å². The van der Waals surface area contributed by atoms with E-state index in [1.54, 1.807) is 33.1 Å². The van der Waals surface area contributed by atoms with Crippen molar-refractivity contribution in [2.24, 2.45) is 0 Å². The van der Waals surface area contributed by atoms with Gasteiger partial charge in [-0.25, -0.2) is 4.39 Å². The molecule has 1 amide bonds. The lowest BCUT2D eigenvalue weighted by atomic mass is 9.83. The number of halogens is 2. The molecule has 21 heavy (non-hydrogen) atoms. The van der Waals surface area contributed by atoms with Gasteiger partial charge in [0.15, 0.2) is 0 Å². The molecule has 6 heteroatoms. The van der Waals surface area contributed by atoms with Gasteiger partial charge in [-0.2, -0.15) is 0 Å². The minimum Gasteiger partial charge on any atom is -0.378 e. The van der Waals surface area contributed by atoms with Crippen molar-refractivity contribution in [2.75, 3.05) is 20.2 Å². The van der Waals surface area contributed by atoms with Crippen LogP contribution in [0.25, 0.3) is 0 Å². The summed E-state index contributed by atoms with van der Waals surface area (Å²) < 4.78 is 18.6. The maximum absolute atomic E-state index is 13.3. The van der Waals surface area contributed by atoms with Crippen molar-refractivity contribution >= 4 is 18.3 Å². The molecule has 0 saturated carbocycles. The molecule has 4 nitrogen and oxygen atoms in total. The normalized spacial score (nSPS) is 21.7. The molecule has 0 aliphatic carbocycles. The number of amides is 1. The second-order valence-electron chi connectivity index (χ2n) is 5.65. The summed E-state index contributed by atoms with van der Waals surface area (Å²) >= 11 is 0. The molecule has 2 N–H and O–H groups in total. The van der Waals surface area contributed by atoms with E-state index < -0.39 is 5.41 Å². The molecular formula is C15H22ClFN2O2. The summed E-state index contributed by atoms with van der Waals surface area (Å²) in [6.45, 7) is 4.99. The van der Waals surface area contributed by atoms with Gasteiger partial charge in [-0.05, 0) is 31.5 Å². The molecule has 1 fully saturated rings. The van der Waals surface area contributed by atoms with Gasteiger partial charge in [0.2, 0.25) is 5.91 Å². The fourth-order valence-electron chi connectivity index (χ4n) is 2.40. The van der Waals surface area contributed by atoms with Crippen molar-refractivity contribution in [3.63, 3.8) is 0 Å². The third kappa shape index (κ3) is 3.93. The minimum atomic E-state index is -0.789. The first-order valence-electron chi connectivity index (χ1n) is 6.75. The molecule has 0 aromatic heterocycles. The van der Waals surface area contributed by atoms with Crippen LogP contribution in [0.4, 0.5) is 4.39 Å². The average Bonchev–Trinajstić information content (AvgIpc) is 2.86. The van der Waals surface area contributed by atoms with Crippen LogP contribution in [0.2, 0.25) is 0 Å². The van der Waals surface area contributed by atoms with Gasteiger partial charge in [-0.15, -0.1) is 12.4 Å². The Morgan fingerprint density at radius 3 is 2.76 bits per heavy atom. The van der Waals surface area contributed by atoms with Crippen LogP contribution in [0, 0.1) is 5.82 Å². The number of methoxy groups -OCH3 is 1. The van der Waals surface area contributed by atoms with E-state index in [0.29, 0.717) is 12.1 Å². The lowest BCUT2D eigenvalue weighted by molar-refractivity contribution is -0.127. The first-order chi connectivity index (χ1) is 9.45. The van der Waals surface area contributed by atoms with Gasteiger partial charge in [-0.1, -0.05) is 12.1 Å². The smallest absolute Gasteiger partial charge is 0.230 e. The van der Waals surface area contributed by atoms with Crippen molar-refractivity contribution in [1.82, 2.24) is 10.6 Å². The minimum absolute atomic E-state index is 0. The molecule has 2 atom stereocenters. The van der Waals surface area contributed by atoms with E-state index in [9.17, 15) is 9.18 Å². The molecule has 2 rings (SSSR count). The van der Waals surface area contributed by atoms with E-state index in [2.05, 4.69) is 10.6 Å². The highest BCUT2D eigenvalue weighted by Crippen LogP contribution is 2.24. The lowest BCUT2D eigenvalue weighted by Gasteiger charge is -2.28. The maximum Gasteiger partial charge on any atom is 0.230 e. The largest absolute Gasteiger partial charge is 0.378 e. The van der Waals surface area contributed by atoms with Gasteiger partial charge >= 0.3 is 0 Å². The second-order valence-corrected chi connectivity index (χ2v) is 5.65. The Morgan fingerprint density at radius 1 is 1.43 bits per heavy atom. The molecule has 1 saturated heterocycles. The van der Waals surface area contributed by atoms with Crippen molar-refractivity contribution in [2.45, 2.75) is 31.4 Å². The fraction of sp³-hybridized carbons (Fsp3) is 0.533. The van der Waals surface area contributed by atoms with Gasteiger partial charge < -0.3 is 15.4 Å². The van der Waals surface area contributed by atoms with Crippen LogP contribution in [-0.4, -0.2) is 38.3 Å². The lowest BCUT2D eigenvalue weighted by Crippen LogP contribution is -2.50. The molecule has 0 bridgehead atoms. The zero-order valence-corrected chi connectivity index (χ0v) is 13.3. The van der Waals surface area contributed by atoms with E-state index in [0.717, 1.165) is 6.54 Å². The van der Waals surface area contributed by atoms with Crippen LogP contribution >= 0.6 is 12.4 Å². The molecular weight excluding hydrogens is 295 g/mol. The topological polar surface area (TPSA) is 50.4 Å². The SMILES string of the molecule is CO[C@H]1CNCC1NC(=O)C(C)(C)c1cccc(F)c1.Cl. The van der Waals surface area contributed by atoms with Crippen LogP contribution in [0.5, 0.6) is 0 Å². The molecule has 1 heterocycles. The van der Waals surface area contributed by atoms with Crippen LogP contribution in [0.3, 0.4) is 0 Å². The zero-order chi connectivity index (χ0) is 14.8. The second kappa shape index (κ2) is 7.20. The van der Waals surface area contributed by atoms with Crippen molar-refractivity contribution in [1.29, 1.82) is 0 Å². The third-order valence-electron chi connectivity index (χ3n) is 3.89. The van der Waals surface area contributed by atoms with Crippen LogP contribution < -0.4 is 10.6 Å². The highest BCUT2D eigenvalue weighted by atomic mass is 35.5. The highest BCUT2D eigenvalue weighted by Gasteiger charge is 2.35. The Morgan fingerprint density at radius 2 is 2.14 bits per heavy atom. The number of carbonyl (C=O) groups excluding carboxylic acids is 1. The summed E-state index contributed by atoms with van der Waals surface area (Å²) in [5.41, 5.74) is -0.127. The quantitative estimate of drug-likeness (QED) is 0.887. The third-order valence-corrected chi connectivity index (χ3v) is 3.89. The van der Waals surface area contributed by atoms with E-state index in [-0.39, 0.29) is 36.3 Å². The summed E-state index contributed by atoms with van der Waals surface area (Å²) in [5.74, 6) is -0.459. The average molecular weight is 317 g/mol. The predicted octanol–water partition coefficient (Wildman–Crippen LogP) is 1.63. The van der Waals surface area contributed by atoms with E-state index in [1.165, 1.54) is 12.1 Å². The number of benzene rings is 1. The van der Waals surface area contributed by atoms with Crippen LogP contribution in [0.1, 0.15) is 19.4 Å². The number of ether oxygens (including phenoxy) is 1. The predicted molar refractivity (Wildman–Crippen MR) is 82.3 cm³/mol. The maximum atomic E-state index is 13.3. The summed E-state index contributed by atoms with van der Waals surface area (Å²) in [7, 11) is 1.63. The monoisotopic (exact) mass is 316 g/mol. The number of hydrogen-bond acceptors (Lipinski definition) is 3. The highest BCUT2D eigenvalue weighted by molar-refractivity contribution is 5.87. The number of nitrogens with one attached hydrogen (secondary N) is 2. The molecule has 0 radical (unpaired) electrons. The van der Waals surface area contributed by atoms with Gasteiger partial charge in [0.25, 0.3) is 0 Å². The van der Waals surface area contributed by atoms with Crippen LogP contribution in [-0.2, 0) is 14.9 Å². The Kier molecular flexibility index (Phi) is 6.13. The number of rotatable bonds is 4. The Balaban J connectivity index is 0.00000220. The van der Waals surface area contributed by atoms with Crippen LogP contribution in [0.15, 0.2) is 24.3 Å². The number of carbonyl (C=O) groups is 1. The summed E-state index contributed by atoms with van der Waals surface area (Å²) in [6.07, 6.45) is -0.0257. The van der Waals surface area contributed by atoms with E-state index in [4.69, 9.17) is 4.74 Å². The van der Waals surface area contributed by atoms with Gasteiger partial charge in [0.1, 0.15) is 5.82 Å². The molecule has 118 valence electrons. The molecule has 1 unspecified atom stereocenters. The number of hydrogen-bond donors (Lipinski definition) is 2. The summed E-state index contributed by atoms with van der Waals surface area (Å²) in [6, 6.07) is 6.11. The Labute approximate surface area is 130 Å². The standard InChI is InChI=1S/C15H21FN2O2.ClH/c1-15(2,10-5-4-6-11(16)7-10)14(19)18-12-8-17-9-13(12)20-3;/h4-7,12-13,17H,8-9H2,1-3H3,(H,18,19);1H/t12?,13-;/m0./s1. The molecule has 1 aliphatic heterocycles. The fourth-order valence-corrected chi connectivity index (χ4v) is 2.40. The van der Waals surface area contributed by atoms with Crippen molar-refractivity contribution in [3.8, 4) is 0 Å². The molecule has 1 aliphatic rings.